The Kier molecular flexibility index (Phi) is 5.87. The number of rotatable bonds is 5. The molecule has 0 saturated heterocycles. The maximum atomic E-state index is 12.6. The maximum absolute atomic E-state index is 12.6. The summed E-state index contributed by atoms with van der Waals surface area (Å²) in [5, 5.41) is 0. The van der Waals surface area contributed by atoms with Gasteiger partial charge in [0.1, 0.15) is 13.2 Å². The third kappa shape index (κ3) is 4.26. The molecule has 0 bridgehead atoms. The Morgan fingerprint density at radius 2 is 1.79 bits per heavy atom. The van der Waals surface area contributed by atoms with Gasteiger partial charge in [0.2, 0.25) is 0 Å². The lowest BCUT2D eigenvalue weighted by atomic mass is 10.2. The van der Waals surface area contributed by atoms with Crippen molar-refractivity contribution >= 4 is 37.8 Å². The molecule has 0 unspecified atom stereocenters. The summed E-state index contributed by atoms with van der Waals surface area (Å²) in [6.07, 6.45) is 0. The molecule has 1 heterocycles. The summed E-state index contributed by atoms with van der Waals surface area (Å²) in [5.41, 5.74) is 2.09. The van der Waals surface area contributed by atoms with E-state index in [0.29, 0.717) is 29.2 Å². The smallest absolute Gasteiger partial charge is 0.339 e. The van der Waals surface area contributed by atoms with Crippen LogP contribution in [0, 0.1) is 0 Å². The number of halogens is 1. The second kappa shape index (κ2) is 8.17. The molecule has 1 aliphatic heterocycles. The molecular formula is C17H15BrN2O7S. The van der Waals surface area contributed by atoms with Gasteiger partial charge in [-0.3, -0.25) is 10.2 Å². The van der Waals surface area contributed by atoms with Crippen LogP contribution in [0.3, 0.4) is 0 Å². The van der Waals surface area contributed by atoms with E-state index < -0.39 is 21.9 Å². The Hall–Kier alpha value is -2.63. The van der Waals surface area contributed by atoms with Crippen LogP contribution in [0.1, 0.15) is 20.7 Å². The number of sulfonamides is 1. The Labute approximate surface area is 169 Å². The zero-order chi connectivity index (χ0) is 20.3. The average Bonchev–Trinajstić information content (AvgIpc) is 2.70. The van der Waals surface area contributed by atoms with Crippen LogP contribution < -0.4 is 19.7 Å². The first-order valence-electron chi connectivity index (χ1n) is 7.91. The van der Waals surface area contributed by atoms with Crippen LogP contribution in [0.4, 0.5) is 0 Å². The summed E-state index contributed by atoms with van der Waals surface area (Å²) in [5.74, 6) is -0.652. The Balaban J connectivity index is 1.78. The van der Waals surface area contributed by atoms with Crippen LogP contribution in [-0.2, 0) is 14.8 Å². The van der Waals surface area contributed by atoms with Gasteiger partial charge < -0.3 is 14.2 Å². The summed E-state index contributed by atoms with van der Waals surface area (Å²) >= 11 is 3.17. The van der Waals surface area contributed by atoms with E-state index in [4.69, 9.17) is 9.47 Å². The number of hydrazine groups is 1. The Bertz CT molecular complexity index is 1040. The standard InChI is InChI=1S/C17H15BrN2O7S/c1-25-17(22)12-9-11(18)3-5-15(12)28(23,24)20-19-16(21)10-2-4-13-14(8-10)27-7-6-26-13/h2-5,8-9,20H,6-7H2,1H3,(H,19,21). The van der Waals surface area contributed by atoms with Gasteiger partial charge in [-0.05, 0) is 36.4 Å². The molecule has 0 spiro atoms. The highest BCUT2D eigenvalue weighted by Gasteiger charge is 2.24. The quantitative estimate of drug-likeness (QED) is 0.503. The van der Waals surface area contributed by atoms with Gasteiger partial charge in [0.15, 0.2) is 11.5 Å². The molecule has 0 radical (unpaired) electrons. The van der Waals surface area contributed by atoms with Crippen LogP contribution in [0.25, 0.3) is 0 Å². The summed E-state index contributed by atoms with van der Waals surface area (Å²) in [7, 11) is -3.11. The molecule has 3 rings (SSSR count). The molecule has 9 nitrogen and oxygen atoms in total. The molecule has 0 atom stereocenters. The average molecular weight is 471 g/mol. The van der Waals surface area contributed by atoms with Crippen LogP contribution in [0.15, 0.2) is 45.8 Å². The first-order chi connectivity index (χ1) is 13.3. The van der Waals surface area contributed by atoms with Crippen LogP contribution >= 0.6 is 15.9 Å². The summed E-state index contributed by atoms with van der Waals surface area (Å²) in [4.78, 5) is 25.8. The fourth-order valence-electron chi connectivity index (χ4n) is 2.43. The zero-order valence-electron chi connectivity index (χ0n) is 14.5. The molecule has 0 saturated carbocycles. The van der Waals surface area contributed by atoms with E-state index >= 15 is 0 Å². The Morgan fingerprint density at radius 3 is 2.50 bits per heavy atom. The van der Waals surface area contributed by atoms with Gasteiger partial charge in [0, 0.05) is 10.0 Å². The summed E-state index contributed by atoms with van der Waals surface area (Å²) in [6.45, 7) is 0.763. The lowest BCUT2D eigenvalue weighted by molar-refractivity contribution is 0.0596. The molecule has 2 N–H and O–H groups in total. The molecule has 0 aromatic heterocycles. The van der Waals surface area contributed by atoms with E-state index in [1.807, 2.05) is 4.83 Å². The van der Waals surface area contributed by atoms with Gasteiger partial charge in [0.25, 0.3) is 15.9 Å². The van der Waals surface area contributed by atoms with Gasteiger partial charge in [-0.2, -0.15) is 0 Å². The molecule has 0 fully saturated rings. The maximum Gasteiger partial charge on any atom is 0.339 e. The van der Waals surface area contributed by atoms with E-state index in [-0.39, 0.29) is 16.0 Å². The van der Waals surface area contributed by atoms with Gasteiger partial charge in [-0.25, -0.2) is 13.2 Å². The number of esters is 1. The third-order valence-electron chi connectivity index (χ3n) is 3.74. The van der Waals surface area contributed by atoms with Gasteiger partial charge in [-0.1, -0.05) is 15.9 Å². The summed E-state index contributed by atoms with van der Waals surface area (Å²) in [6, 6.07) is 8.44. The van der Waals surface area contributed by atoms with Gasteiger partial charge in [0.05, 0.1) is 17.6 Å². The first kappa shape index (κ1) is 20.1. The number of carbonyl (C=O) groups is 2. The normalized spacial score (nSPS) is 12.9. The van der Waals surface area contributed by atoms with Crippen molar-refractivity contribution < 1.29 is 32.2 Å². The molecule has 0 aliphatic carbocycles. The predicted octanol–water partition coefficient (Wildman–Crippen LogP) is 1.63. The molecule has 1 aliphatic rings. The van der Waals surface area contributed by atoms with Crippen molar-refractivity contribution in [2.45, 2.75) is 4.90 Å². The van der Waals surface area contributed by atoms with Gasteiger partial charge >= 0.3 is 5.97 Å². The second-order valence-corrected chi connectivity index (χ2v) is 8.12. The van der Waals surface area contributed by atoms with Crippen molar-refractivity contribution in [2.75, 3.05) is 20.3 Å². The number of amides is 1. The van der Waals surface area contributed by atoms with Crippen LogP contribution in [-0.4, -0.2) is 40.6 Å². The lowest BCUT2D eigenvalue weighted by Gasteiger charge is -2.18. The van der Waals surface area contributed by atoms with Crippen molar-refractivity contribution in [3.8, 4) is 11.5 Å². The minimum Gasteiger partial charge on any atom is -0.486 e. The molecule has 2 aromatic rings. The van der Waals surface area contributed by atoms with E-state index in [1.165, 1.54) is 30.3 Å². The summed E-state index contributed by atoms with van der Waals surface area (Å²) < 4.78 is 41.0. The second-order valence-electron chi connectivity index (χ2n) is 5.55. The molecular weight excluding hydrogens is 456 g/mol. The van der Waals surface area contributed by atoms with E-state index in [9.17, 15) is 18.0 Å². The molecule has 1 amide bonds. The number of ether oxygens (including phenoxy) is 3. The fraction of sp³-hybridized carbons (Fsp3) is 0.176. The van der Waals surface area contributed by atoms with E-state index in [2.05, 4.69) is 26.1 Å². The minimum atomic E-state index is -4.24. The topological polar surface area (TPSA) is 120 Å². The number of hydrogen-bond acceptors (Lipinski definition) is 7. The minimum absolute atomic E-state index is 0.163. The number of methoxy groups -OCH3 is 1. The predicted molar refractivity (Wildman–Crippen MR) is 101 cm³/mol. The highest BCUT2D eigenvalue weighted by atomic mass is 79.9. The first-order valence-corrected chi connectivity index (χ1v) is 10.2. The number of nitrogens with one attached hydrogen (secondary N) is 2. The number of carbonyl (C=O) groups excluding carboxylic acids is 2. The highest BCUT2D eigenvalue weighted by Crippen LogP contribution is 2.30. The lowest BCUT2D eigenvalue weighted by Crippen LogP contribution is -2.42. The molecule has 148 valence electrons. The van der Waals surface area contributed by atoms with Crippen molar-refractivity contribution in [3.05, 3.63) is 52.0 Å². The van der Waals surface area contributed by atoms with Crippen molar-refractivity contribution in [2.24, 2.45) is 0 Å². The molecule has 2 aromatic carbocycles. The van der Waals surface area contributed by atoms with Crippen molar-refractivity contribution in [1.82, 2.24) is 10.3 Å². The third-order valence-corrected chi connectivity index (χ3v) is 5.54. The van der Waals surface area contributed by atoms with Crippen molar-refractivity contribution in [3.63, 3.8) is 0 Å². The van der Waals surface area contributed by atoms with E-state index in [1.54, 1.807) is 6.07 Å². The number of hydrogen-bond donors (Lipinski definition) is 2. The SMILES string of the molecule is COC(=O)c1cc(Br)ccc1S(=O)(=O)NNC(=O)c1ccc2c(c1)OCCO2. The Morgan fingerprint density at radius 1 is 1.07 bits per heavy atom. The van der Waals surface area contributed by atoms with Crippen LogP contribution in [0.5, 0.6) is 11.5 Å². The molecule has 28 heavy (non-hydrogen) atoms. The fourth-order valence-corrected chi connectivity index (χ4v) is 3.81. The monoisotopic (exact) mass is 470 g/mol. The molecule has 11 heteroatoms. The highest BCUT2D eigenvalue weighted by molar-refractivity contribution is 9.10. The van der Waals surface area contributed by atoms with Crippen molar-refractivity contribution in [1.29, 1.82) is 0 Å². The zero-order valence-corrected chi connectivity index (χ0v) is 16.9. The van der Waals surface area contributed by atoms with Crippen LogP contribution in [0.2, 0.25) is 0 Å². The largest absolute Gasteiger partial charge is 0.486 e. The number of fused-ring (bicyclic) bond motifs is 1. The van der Waals surface area contributed by atoms with E-state index in [0.717, 1.165) is 7.11 Å². The van der Waals surface area contributed by atoms with Gasteiger partial charge in [-0.15, -0.1) is 4.83 Å². The number of benzene rings is 2.